The van der Waals surface area contributed by atoms with E-state index in [0.717, 1.165) is 0 Å². The molecule has 0 aliphatic rings. The monoisotopic (exact) mass is 286 g/mol. The van der Waals surface area contributed by atoms with Crippen LogP contribution in [0.25, 0.3) is 11.4 Å². The van der Waals surface area contributed by atoms with Gasteiger partial charge in [0.1, 0.15) is 0 Å². The van der Waals surface area contributed by atoms with Crippen molar-refractivity contribution >= 4 is 29.2 Å². The number of carbonyl (C=O) groups is 1. The van der Waals surface area contributed by atoms with E-state index in [0.29, 0.717) is 21.4 Å². The van der Waals surface area contributed by atoms with Gasteiger partial charge < -0.3 is 9.63 Å². The Bertz CT molecular complexity index is 583. The van der Waals surface area contributed by atoms with E-state index in [4.69, 9.17) is 32.8 Å². The maximum absolute atomic E-state index is 10.4. The Morgan fingerprint density at radius 2 is 2.17 bits per heavy atom. The summed E-state index contributed by atoms with van der Waals surface area (Å²) >= 11 is 11.8. The molecule has 7 heteroatoms. The molecule has 0 bridgehead atoms. The van der Waals surface area contributed by atoms with E-state index in [1.165, 1.54) is 0 Å². The smallest absolute Gasteiger partial charge is 0.303 e. The molecule has 1 aromatic heterocycles. The largest absolute Gasteiger partial charge is 0.481 e. The summed E-state index contributed by atoms with van der Waals surface area (Å²) in [6.45, 7) is 0. The van der Waals surface area contributed by atoms with E-state index in [1.54, 1.807) is 18.2 Å². The molecule has 18 heavy (non-hydrogen) atoms. The van der Waals surface area contributed by atoms with Crippen molar-refractivity contribution in [1.82, 2.24) is 10.1 Å². The number of aromatic nitrogens is 2. The highest BCUT2D eigenvalue weighted by Crippen LogP contribution is 2.28. The fraction of sp³-hybridized carbons (Fsp3) is 0.182. The molecule has 2 rings (SSSR count). The first-order chi connectivity index (χ1) is 8.56. The minimum absolute atomic E-state index is 0.0646. The van der Waals surface area contributed by atoms with Crippen LogP contribution in [0.15, 0.2) is 22.7 Å². The van der Waals surface area contributed by atoms with Crippen molar-refractivity contribution < 1.29 is 14.4 Å². The second kappa shape index (κ2) is 5.37. The third-order valence-corrected chi connectivity index (χ3v) is 2.75. The average Bonchev–Trinajstić information content (AvgIpc) is 2.78. The second-order valence-electron chi connectivity index (χ2n) is 3.53. The molecule has 0 saturated carbocycles. The van der Waals surface area contributed by atoms with Crippen molar-refractivity contribution in [2.75, 3.05) is 0 Å². The van der Waals surface area contributed by atoms with Crippen LogP contribution in [0.1, 0.15) is 12.3 Å². The van der Waals surface area contributed by atoms with Gasteiger partial charge in [-0.05, 0) is 18.2 Å². The van der Waals surface area contributed by atoms with E-state index >= 15 is 0 Å². The molecule has 1 heterocycles. The zero-order valence-corrected chi connectivity index (χ0v) is 10.6. The minimum atomic E-state index is -0.921. The second-order valence-corrected chi connectivity index (χ2v) is 4.37. The van der Waals surface area contributed by atoms with Gasteiger partial charge in [-0.2, -0.15) is 4.98 Å². The van der Waals surface area contributed by atoms with Gasteiger partial charge in [0, 0.05) is 17.0 Å². The Balaban J connectivity index is 2.23. The summed E-state index contributed by atoms with van der Waals surface area (Å²) in [6, 6.07) is 4.90. The van der Waals surface area contributed by atoms with Gasteiger partial charge in [0.2, 0.25) is 11.7 Å². The van der Waals surface area contributed by atoms with Crippen molar-refractivity contribution in [2.24, 2.45) is 0 Å². The van der Waals surface area contributed by atoms with E-state index in [2.05, 4.69) is 10.1 Å². The highest BCUT2D eigenvalue weighted by Gasteiger charge is 2.13. The molecule has 1 aromatic carbocycles. The molecule has 0 amide bonds. The fourth-order valence-electron chi connectivity index (χ4n) is 1.35. The van der Waals surface area contributed by atoms with E-state index in [1.807, 2.05) is 0 Å². The molecule has 0 saturated heterocycles. The number of halogens is 2. The molecular formula is C11H8Cl2N2O3. The van der Waals surface area contributed by atoms with E-state index in [9.17, 15) is 4.79 Å². The first-order valence-electron chi connectivity index (χ1n) is 5.06. The van der Waals surface area contributed by atoms with Crippen molar-refractivity contribution in [3.63, 3.8) is 0 Å². The Morgan fingerprint density at radius 1 is 1.39 bits per heavy atom. The van der Waals surface area contributed by atoms with Gasteiger partial charge in [-0.1, -0.05) is 28.4 Å². The average molecular weight is 287 g/mol. The third-order valence-electron chi connectivity index (χ3n) is 2.19. The number of aryl methyl sites for hydroxylation is 1. The van der Waals surface area contributed by atoms with Crippen LogP contribution in [0.3, 0.4) is 0 Å². The van der Waals surface area contributed by atoms with Crippen LogP contribution in [-0.2, 0) is 11.2 Å². The van der Waals surface area contributed by atoms with Crippen molar-refractivity contribution in [2.45, 2.75) is 12.8 Å². The molecule has 5 nitrogen and oxygen atoms in total. The molecule has 1 N–H and O–H groups in total. The normalized spacial score (nSPS) is 10.6. The summed E-state index contributed by atoms with van der Waals surface area (Å²) in [4.78, 5) is 14.5. The zero-order valence-electron chi connectivity index (χ0n) is 9.06. The molecule has 0 spiro atoms. The van der Waals surface area contributed by atoms with Gasteiger partial charge in [-0.3, -0.25) is 4.79 Å². The third kappa shape index (κ3) is 3.00. The van der Waals surface area contributed by atoms with Gasteiger partial charge >= 0.3 is 5.97 Å². The molecule has 0 fully saturated rings. The predicted octanol–water partition coefficient (Wildman–Crippen LogP) is 3.06. The Hall–Kier alpha value is -1.59. The summed E-state index contributed by atoms with van der Waals surface area (Å²) in [5, 5.41) is 13.2. The summed E-state index contributed by atoms with van der Waals surface area (Å²) in [6.07, 6.45) is 0.116. The lowest BCUT2D eigenvalue weighted by Crippen LogP contribution is -1.97. The predicted molar refractivity (Wildman–Crippen MR) is 65.7 cm³/mol. The molecule has 0 unspecified atom stereocenters. The van der Waals surface area contributed by atoms with Gasteiger partial charge in [-0.15, -0.1) is 0 Å². The highest BCUT2D eigenvalue weighted by molar-refractivity contribution is 6.35. The van der Waals surface area contributed by atoms with Gasteiger partial charge in [-0.25, -0.2) is 0 Å². The topological polar surface area (TPSA) is 76.2 Å². The molecular weight excluding hydrogens is 279 g/mol. The first-order valence-corrected chi connectivity index (χ1v) is 5.81. The van der Waals surface area contributed by atoms with Crippen LogP contribution >= 0.6 is 23.2 Å². The number of benzene rings is 1. The fourth-order valence-corrected chi connectivity index (χ4v) is 1.72. The quantitative estimate of drug-likeness (QED) is 0.935. The Morgan fingerprint density at radius 3 is 2.89 bits per heavy atom. The summed E-state index contributed by atoms with van der Waals surface area (Å²) in [5.74, 6) is -0.373. The van der Waals surface area contributed by atoms with Crippen LogP contribution in [0, 0.1) is 0 Å². The Labute approximate surface area is 112 Å². The SMILES string of the molecule is O=C(O)CCc1nc(-c2cc(Cl)ccc2Cl)no1. The summed E-state index contributed by atoms with van der Waals surface area (Å²) in [7, 11) is 0. The standard InChI is InChI=1S/C11H8Cl2N2O3/c12-6-1-2-8(13)7(5-6)11-14-9(18-15-11)3-4-10(16)17/h1-2,5H,3-4H2,(H,16,17). The van der Waals surface area contributed by atoms with Crippen molar-refractivity contribution in [3.05, 3.63) is 34.1 Å². The number of nitrogens with zero attached hydrogens (tertiary/aromatic N) is 2. The molecule has 0 atom stereocenters. The number of aliphatic carboxylic acids is 1. The number of carboxylic acids is 1. The maximum atomic E-state index is 10.4. The molecule has 94 valence electrons. The van der Waals surface area contributed by atoms with Crippen LogP contribution in [0.5, 0.6) is 0 Å². The molecule has 0 aliphatic carbocycles. The number of carboxylic acid groups (broad SMARTS) is 1. The minimum Gasteiger partial charge on any atom is -0.481 e. The van der Waals surface area contributed by atoms with Crippen molar-refractivity contribution in [1.29, 1.82) is 0 Å². The maximum Gasteiger partial charge on any atom is 0.303 e. The van der Waals surface area contributed by atoms with Gasteiger partial charge in [0.05, 0.1) is 11.4 Å². The van der Waals surface area contributed by atoms with Crippen molar-refractivity contribution in [3.8, 4) is 11.4 Å². The van der Waals surface area contributed by atoms with Crippen LogP contribution < -0.4 is 0 Å². The van der Waals surface area contributed by atoms with Gasteiger partial charge in [0.15, 0.2) is 0 Å². The van der Waals surface area contributed by atoms with Crippen LogP contribution in [-0.4, -0.2) is 21.2 Å². The van der Waals surface area contributed by atoms with E-state index < -0.39 is 5.97 Å². The molecule has 0 aliphatic heterocycles. The lowest BCUT2D eigenvalue weighted by Gasteiger charge is -1.98. The summed E-state index contributed by atoms with van der Waals surface area (Å²) in [5.41, 5.74) is 0.550. The Kier molecular flexibility index (Phi) is 3.84. The highest BCUT2D eigenvalue weighted by atomic mass is 35.5. The number of hydrogen-bond donors (Lipinski definition) is 1. The van der Waals surface area contributed by atoms with Crippen LogP contribution in [0.2, 0.25) is 10.0 Å². The van der Waals surface area contributed by atoms with Gasteiger partial charge in [0.25, 0.3) is 0 Å². The number of rotatable bonds is 4. The van der Waals surface area contributed by atoms with E-state index in [-0.39, 0.29) is 18.7 Å². The molecule has 0 radical (unpaired) electrons. The number of hydrogen-bond acceptors (Lipinski definition) is 4. The van der Waals surface area contributed by atoms with Crippen LogP contribution in [0.4, 0.5) is 0 Å². The molecule has 2 aromatic rings. The lowest BCUT2D eigenvalue weighted by molar-refractivity contribution is -0.137. The zero-order chi connectivity index (χ0) is 13.1. The first kappa shape index (κ1) is 12.9. The lowest BCUT2D eigenvalue weighted by atomic mass is 10.2. The summed E-state index contributed by atoms with van der Waals surface area (Å²) < 4.78 is 4.94.